The van der Waals surface area contributed by atoms with E-state index in [0.29, 0.717) is 28.3 Å². The Morgan fingerprint density at radius 2 is 1.49 bits per heavy atom. The van der Waals surface area contributed by atoms with Gasteiger partial charge in [0.2, 0.25) is 0 Å². The molecule has 184 valence electrons. The number of amides is 3. The first kappa shape index (κ1) is 23.9. The highest BCUT2D eigenvalue weighted by molar-refractivity contribution is 6.21. The van der Waals surface area contributed by atoms with Gasteiger partial charge in [0.1, 0.15) is 17.4 Å². The second-order valence-electron chi connectivity index (χ2n) is 8.41. The number of hydrogen-bond acceptors (Lipinski definition) is 4. The van der Waals surface area contributed by atoms with E-state index < -0.39 is 29.4 Å². The summed E-state index contributed by atoms with van der Waals surface area (Å²) in [5.41, 5.74) is 1.68. The zero-order valence-corrected chi connectivity index (χ0v) is 19.6. The van der Waals surface area contributed by atoms with Crippen LogP contribution in [0.3, 0.4) is 0 Å². The van der Waals surface area contributed by atoms with Crippen LogP contribution < -0.4 is 10.1 Å². The van der Waals surface area contributed by atoms with Crippen LogP contribution in [0.1, 0.15) is 36.6 Å². The molecule has 1 aliphatic heterocycles. The van der Waals surface area contributed by atoms with Crippen molar-refractivity contribution in [2.24, 2.45) is 0 Å². The average Bonchev–Trinajstić information content (AvgIpc) is 3.15. The zero-order valence-electron chi connectivity index (χ0n) is 19.6. The van der Waals surface area contributed by atoms with Crippen molar-refractivity contribution in [2.45, 2.75) is 6.54 Å². The Labute approximate surface area is 211 Å². The van der Waals surface area contributed by atoms with E-state index in [1.54, 1.807) is 60.7 Å². The van der Waals surface area contributed by atoms with Crippen LogP contribution in [0.5, 0.6) is 5.75 Å². The number of benzene rings is 4. The first-order chi connectivity index (χ1) is 17.9. The van der Waals surface area contributed by atoms with Crippen LogP contribution in [0.4, 0.5) is 14.5 Å². The zero-order chi connectivity index (χ0) is 26.1. The molecule has 1 heterocycles. The smallest absolute Gasteiger partial charge is 0.261 e. The largest absolute Gasteiger partial charge is 0.496 e. The number of nitrogens with one attached hydrogen (secondary N) is 1. The van der Waals surface area contributed by atoms with Crippen LogP contribution in [0.15, 0.2) is 84.9 Å². The van der Waals surface area contributed by atoms with E-state index in [0.717, 1.165) is 11.0 Å². The minimum absolute atomic E-state index is 0.0549. The highest BCUT2D eigenvalue weighted by Crippen LogP contribution is 2.33. The summed E-state index contributed by atoms with van der Waals surface area (Å²) in [4.78, 5) is 39.9. The van der Waals surface area contributed by atoms with E-state index in [1.807, 2.05) is 0 Å². The molecule has 8 heteroatoms. The number of carbonyl (C=O) groups is 3. The number of methoxy groups -OCH3 is 1. The SMILES string of the molecule is COc1ccc(CN2C(=O)c3ccccc3C2=O)cc1C(=O)Nc1c(F)cc(F)cc1-c1ccccc1. The normalized spacial score (nSPS) is 12.5. The molecule has 0 bridgehead atoms. The van der Waals surface area contributed by atoms with Crippen LogP contribution in [-0.2, 0) is 6.54 Å². The summed E-state index contributed by atoms with van der Waals surface area (Å²) in [6.07, 6.45) is 0. The molecule has 0 saturated heterocycles. The van der Waals surface area contributed by atoms with Gasteiger partial charge in [-0.1, -0.05) is 48.5 Å². The molecule has 0 atom stereocenters. The summed E-state index contributed by atoms with van der Waals surface area (Å²) < 4.78 is 34.2. The van der Waals surface area contributed by atoms with Crippen molar-refractivity contribution in [3.05, 3.63) is 119 Å². The molecule has 6 nitrogen and oxygen atoms in total. The van der Waals surface area contributed by atoms with Crippen molar-refractivity contribution in [2.75, 3.05) is 12.4 Å². The highest BCUT2D eigenvalue weighted by Gasteiger charge is 2.35. The maximum absolute atomic E-state index is 14.9. The summed E-state index contributed by atoms with van der Waals surface area (Å²) in [5.74, 6) is -3.08. The fourth-order valence-electron chi connectivity index (χ4n) is 4.32. The summed E-state index contributed by atoms with van der Waals surface area (Å²) >= 11 is 0. The van der Waals surface area contributed by atoms with Crippen LogP contribution in [-0.4, -0.2) is 29.7 Å². The lowest BCUT2D eigenvalue weighted by molar-refractivity contribution is 0.0642. The Kier molecular flexibility index (Phi) is 6.23. The maximum atomic E-state index is 14.9. The van der Waals surface area contributed by atoms with E-state index in [4.69, 9.17) is 4.74 Å². The van der Waals surface area contributed by atoms with Gasteiger partial charge in [-0.05, 0) is 41.5 Å². The molecule has 5 rings (SSSR count). The minimum atomic E-state index is -0.937. The maximum Gasteiger partial charge on any atom is 0.261 e. The molecule has 0 fully saturated rings. The Morgan fingerprint density at radius 3 is 2.14 bits per heavy atom. The van der Waals surface area contributed by atoms with Crippen molar-refractivity contribution in [3.63, 3.8) is 0 Å². The minimum Gasteiger partial charge on any atom is -0.496 e. The van der Waals surface area contributed by atoms with Gasteiger partial charge in [-0.2, -0.15) is 0 Å². The summed E-state index contributed by atoms with van der Waals surface area (Å²) in [6, 6.07) is 21.6. The molecule has 4 aromatic carbocycles. The molecule has 37 heavy (non-hydrogen) atoms. The van der Waals surface area contributed by atoms with Gasteiger partial charge in [-0.15, -0.1) is 0 Å². The number of carbonyl (C=O) groups excluding carboxylic acids is 3. The van der Waals surface area contributed by atoms with Crippen molar-refractivity contribution in [1.82, 2.24) is 4.90 Å². The second-order valence-corrected chi connectivity index (χ2v) is 8.41. The molecular formula is C29H20F2N2O4. The van der Waals surface area contributed by atoms with E-state index in [2.05, 4.69) is 5.32 Å². The predicted octanol–water partition coefficient (Wildman–Crippen LogP) is 5.69. The van der Waals surface area contributed by atoms with Gasteiger partial charge >= 0.3 is 0 Å². The lowest BCUT2D eigenvalue weighted by Gasteiger charge is -2.17. The van der Waals surface area contributed by atoms with Gasteiger partial charge < -0.3 is 10.1 Å². The second kappa shape index (κ2) is 9.66. The number of imide groups is 1. The molecule has 0 aromatic heterocycles. The molecule has 1 N–H and O–H groups in total. The Bertz CT molecular complexity index is 1520. The topological polar surface area (TPSA) is 75.7 Å². The van der Waals surface area contributed by atoms with Crippen LogP contribution >= 0.6 is 0 Å². The van der Waals surface area contributed by atoms with Gasteiger partial charge in [0.05, 0.1) is 36.0 Å². The van der Waals surface area contributed by atoms with Gasteiger partial charge in [-0.25, -0.2) is 8.78 Å². The lowest BCUT2D eigenvalue weighted by atomic mass is 10.0. The number of rotatable bonds is 6. The Morgan fingerprint density at radius 1 is 0.838 bits per heavy atom. The predicted molar refractivity (Wildman–Crippen MR) is 133 cm³/mol. The molecule has 0 unspecified atom stereocenters. The molecule has 0 saturated carbocycles. The quantitative estimate of drug-likeness (QED) is 0.347. The van der Waals surface area contributed by atoms with Crippen molar-refractivity contribution >= 4 is 23.4 Å². The van der Waals surface area contributed by atoms with E-state index in [1.165, 1.54) is 19.2 Å². The standard InChI is InChI=1S/C29H20F2N2O4/c1-37-25-12-11-17(16-33-28(35)20-9-5-6-10-21(20)29(33)36)13-23(25)27(34)32-26-22(14-19(30)15-24(26)31)18-7-3-2-4-8-18/h2-15H,16H2,1H3,(H,32,34). The summed E-state index contributed by atoms with van der Waals surface area (Å²) in [5, 5.41) is 2.54. The monoisotopic (exact) mass is 498 g/mol. The number of anilines is 1. The van der Waals surface area contributed by atoms with Gasteiger partial charge in [0.15, 0.2) is 0 Å². The lowest BCUT2D eigenvalue weighted by Crippen LogP contribution is -2.29. The number of hydrogen-bond donors (Lipinski definition) is 1. The highest BCUT2D eigenvalue weighted by atomic mass is 19.1. The van der Waals surface area contributed by atoms with Crippen LogP contribution in [0.2, 0.25) is 0 Å². The van der Waals surface area contributed by atoms with Crippen molar-refractivity contribution < 1.29 is 27.9 Å². The number of ether oxygens (including phenoxy) is 1. The Balaban J connectivity index is 1.46. The van der Waals surface area contributed by atoms with Gasteiger partial charge in [0.25, 0.3) is 17.7 Å². The third kappa shape index (κ3) is 4.45. The molecule has 0 radical (unpaired) electrons. The molecule has 3 amide bonds. The first-order valence-corrected chi connectivity index (χ1v) is 11.4. The molecule has 4 aromatic rings. The van der Waals surface area contributed by atoms with Crippen LogP contribution in [0, 0.1) is 11.6 Å². The van der Waals surface area contributed by atoms with E-state index in [9.17, 15) is 23.2 Å². The molecule has 0 spiro atoms. The first-order valence-electron chi connectivity index (χ1n) is 11.4. The third-order valence-electron chi connectivity index (χ3n) is 6.11. The fourth-order valence-corrected chi connectivity index (χ4v) is 4.32. The molecule has 1 aliphatic rings. The molecule has 0 aliphatic carbocycles. The van der Waals surface area contributed by atoms with E-state index >= 15 is 0 Å². The summed E-state index contributed by atoms with van der Waals surface area (Å²) in [7, 11) is 1.38. The molecular weight excluding hydrogens is 478 g/mol. The Hall–Kier alpha value is -4.85. The number of fused-ring (bicyclic) bond motifs is 1. The van der Waals surface area contributed by atoms with Gasteiger partial charge in [0, 0.05) is 11.6 Å². The summed E-state index contributed by atoms with van der Waals surface area (Å²) in [6.45, 7) is -0.0726. The van der Waals surface area contributed by atoms with Gasteiger partial charge in [-0.3, -0.25) is 19.3 Å². The third-order valence-corrected chi connectivity index (χ3v) is 6.11. The fraction of sp³-hybridized carbons (Fsp3) is 0.0690. The number of nitrogens with zero attached hydrogens (tertiary/aromatic N) is 1. The number of halogens is 2. The van der Waals surface area contributed by atoms with Crippen molar-refractivity contribution in [1.29, 1.82) is 0 Å². The van der Waals surface area contributed by atoms with Crippen molar-refractivity contribution in [3.8, 4) is 16.9 Å². The average molecular weight is 498 g/mol. The van der Waals surface area contributed by atoms with E-state index in [-0.39, 0.29) is 29.1 Å². The van der Waals surface area contributed by atoms with Crippen LogP contribution in [0.25, 0.3) is 11.1 Å².